The van der Waals surface area contributed by atoms with Crippen molar-refractivity contribution < 1.29 is 38.9 Å². The van der Waals surface area contributed by atoms with E-state index in [2.05, 4.69) is 20.9 Å². The van der Waals surface area contributed by atoms with Crippen LogP contribution >= 0.6 is 0 Å². The number of primary amides is 1. The summed E-state index contributed by atoms with van der Waals surface area (Å²) in [5, 5.41) is 35.2. The van der Waals surface area contributed by atoms with Gasteiger partial charge in [-0.2, -0.15) is 0 Å². The van der Waals surface area contributed by atoms with Crippen molar-refractivity contribution in [3.8, 4) is 0 Å². The third-order valence-electron chi connectivity index (χ3n) is 10.5. The normalized spacial score (nSPS) is 21.9. The standard InChI is InChI=1S/C36H51N7O8/c1-34(2,49)24-12-10-23(11-13-24)31(46)39-26(18-22-8-6-5-7-9-22)33(48)42-21-25(43-28(20-38-41-43)35(3,4)50)19-27(42)32(47)40-36(29(44)30(37)45)14-16-51-17-15-36/h10-13,20,22,25-27,49-50H,5-9,14-19,21H2,1-4H3,(H2,37,45)(H,39,46)(H,40,47)/t25-,26+,27-/m0/s1. The lowest BCUT2D eigenvalue weighted by atomic mass is 9.84. The minimum absolute atomic E-state index is 0.000549. The van der Waals surface area contributed by atoms with Gasteiger partial charge in [0.25, 0.3) is 11.8 Å². The Morgan fingerprint density at radius 3 is 2.24 bits per heavy atom. The van der Waals surface area contributed by atoms with Crippen molar-refractivity contribution >= 4 is 29.4 Å². The summed E-state index contributed by atoms with van der Waals surface area (Å²) in [5.41, 5.74) is 2.70. The Bertz CT molecular complexity index is 1600. The van der Waals surface area contributed by atoms with Crippen LogP contribution in [0.15, 0.2) is 30.5 Å². The van der Waals surface area contributed by atoms with Gasteiger partial charge >= 0.3 is 0 Å². The van der Waals surface area contributed by atoms with Crippen LogP contribution in [0.3, 0.4) is 0 Å². The number of ether oxygens (including phenoxy) is 1. The summed E-state index contributed by atoms with van der Waals surface area (Å²) in [7, 11) is 0. The molecule has 1 aromatic carbocycles. The molecule has 2 saturated heterocycles. The Balaban J connectivity index is 1.48. The number of benzene rings is 1. The molecule has 278 valence electrons. The van der Waals surface area contributed by atoms with Crippen molar-refractivity contribution in [2.75, 3.05) is 19.8 Å². The monoisotopic (exact) mass is 709 g/mol. The lowest BCUT2D eigenvalue weighted by Gasteiger charge is -2.37. The molecule has 51 heavy (non-hydrogen) atoms. The highest BCUT2D eigenvalue weighted by molar-refractivity contribution is 6.39. The molecule has 1 aromatic heterocycles. The number of rotatable bonds is 12. The molecular weight excluding hydrogens is 658 g/mol. The van der Waals surface area contributed by atoms with Crippen LogP contribution in [0.2, 0.25) is 0 Å². The summed E-state index contributed by atoms with van der Waals surface area (Å²) in [6, 6.07) is 3.81. The zero-order valence-corrected chi connectivity index (χ0v) is 29.9. The Morgan fingerprint density at radius 2 is 1.65 bits per heavy atom. The topological polar surface area (TPSA) is 219 Å². The fourth-order valence-corrected chi connectivity index (χ4v) is 7.57. The number of ketones is 1. The molecule has 15 heteroatoms. The molecular formula is C36H51N7O8. The molecule has 3 heterocycles. The van der Waals surface area contributed by atoms with Crippen LogP contribution in [0, 0.1) is 5.92 Å². The Labute approximate surface area is 297 Å². The van der Waals surface area contributed by atoms with E-state index in [9.17, 15) is 34.2 Å². The van der Waals surface area contributed by atoms with E-state index < -0.39 is 64.3 Å². The second-order valence-electron chi connectivity index (χ2n) is 15.3. The van der Waals surface area contributed by atoms with Crippen LogP contribution in [-0.2, 0) is 35.1 Å². The van der Waals surface area contributed by atoms with Gasteiger partial charge in [0.15, 0.2) is 0 Å². The van der Waals surface area contributed by atoms with Crippen molar-refractivity contribution in [1.29, 1.82) is 0 Å². The maximum atomic E-state index is 14.7. The van der Waals surface area contributed by atoms with Crippen LogP contribution < -0.4 is 16.4 Å². The van der Waals surface area contributed by atoms with Gasteiger partial charge in [-0.1, -0.05) is 49.5 Å². The summed E-state index contributed by atoms with van der Waals surface area (Å²) in [6.45, 7) is 6.70. The van der Waals surface area contributed by atoms with Gasteiger partial charge in [0, 0.05) is 44.6 Å². The van der Waals surface area contributed by atoms with Crippen LogP contribution in [0.25, 0.3) is 0 Å². The summed E-state index contributed by atoms with van der Waals surface area (Å²) < 4.78 is 6.92. The average Bonchev–Trinajstić information content (AvgIpc) is 3.76. The maximum absolute atomic E-state index is 14.7. The van der Waals surface area contributed by atoms with E-state index in [1.165, 1.54) is 15.8 Å². The van der Waals surface area contributed by atoms with Crippen LogP contribution in [-0.4, -0.2) is 96.9 Å². The van der Waals surface area contributed by atoms with E-state index in [1.54, 1.807) is 52.0 Å². The van der Waals surface area contributed by atoms with Gasteiger partial charge in [-0.05, 0) is 57.7 Å². The molecule has 3 aliphatic rings. The molecule has 0 spiro atoms. The number of aliphatic hydroxyl groups is 2. The molecule has 3 atom stereocenters. The molecule has 0 unspecified atom stereocenters. The fourth-order valence-electron chi connectivity index (χ4n) is 7.57. The first-order valence-corrected chi connectivity index (χ1v) is 17.8. The molecule has 1 aliphatic carbocycles. The fraction of sp³-hybridized carbons (Fsp3) is 0.639. The third-order valence-corrected chi connectivity index (χ3v) is 10.5. The zero-order chi connectivity index (χ0) is 37.1. The highest BCUT2D eigenvalue weighted by Gasteiger charge is 2.49. The van der Waals surface area contributed by atoms with Crippen LogP contribution in [0.5, 0.6) is 0 Å². The van der Waals surface area contributed by atoms with E-state index in [4.69, 9.17) is 10.5 Å². The highest BCUT2D eigenvalue weighted by Crippen LogP contribution is 2.34. The molecule has 15 nitrogen and oxygen atoms in total. The summed E-state index contributed by atoms with van der Waals surface area (Å²) in [5.74, 6) is -3.55. The first-order chi connectivity index (χ1) is 24.0. The number of nitrogens with one attached hydrogen (secondary N) is 2. The molecule has 4 amide bonds. The lowest BCUT2D eigenvalue weighted by molar-refractivity contribution is -0.147. The number of hydrogen-bond acceptors (Lipinski definition) is 10. The van der Waals surface area contributed by atoms with Gasteiger partial charge in [-0.25, -0.2) is 4.68 Å². The Kier molecular flexibility index (Phi) is 11.3. The van der Waals surface area contributed by atoms with E-state index in [1.807, 2.05) is 0 Å². The van der Waals surface area contributed by atoms with Crippen molar-refractivity contribution in [3.63, 3.8) is 0 Å². The molecule has 3 fully saturated rings. The maximum Gasteiger partial charge on any atom is 0.287 e. The Hall–Kier alpha value is -4.21. The quantitative estimate of drug-likeness (QED) is 0.199. The van der Waals surface area contributed by atoms with Gasteiger partial charge in [0.1, 0.15) is 23.2 Å². The second-order valence-corrected chi connectivity index (χ2v) is 15.3. The number of nitrogens with two attached hydrogens (primary N) is 1. The molecule has 6 N–H and O–H groups in total. The molecule has 2 aromatic rings. The van der Waals surface area contributed by atoms with E-state index in [0.717, 1.165) is 32.1 Å². The zero-order valence-electron chi connectivity index (χ0n) is 29.9. The number of aromatic nitrogens is 3. The van der Waals surface area contributed by atoms with Crippen molar-refractivity contribution in [2.24, 2.45) is 11.7 Å². The van der Waals surface area contributed by atoms with Gasteiger partial charge in [0.2, 0.25) is 17.6 Å². The van der Waals surface area contributed by atoms with E-state index in [-0.39, 0.29) is 44.9 Å². The first kappa shape index (κ1) is 38.0. The number of nitrogens with zero attached hydrogens (tertiary/aromatic N) is 4. The van der Waals surface area contributed by atoms with Crippen LogP contribution in [0.1, 0.15) is 113 Å². The van der Waals surface area contributed by atoms with Gasteiger partial charge in [-0.15, -0.1) is 5.10 Å². The van der Waals surface area contributed by atoms with Gasteiger partial charge in [0.05, 0.1) is 23.5 Å². The van der Waals surface area contributed by atoms with Crippen molar-refractivity contribution in [2.45, 2.75) is 120 Å². The largest absolute Gasteiger partial charge is 0.386 e. The van der Waals surface area contributed by atoms with Crippen molar-refractivity contribution in [3.05, 3.63) is 47.3 Å². The SMILES string of the molecule is CC(C)(O)c1ccc(C(=O)N[C@H](CC2CCCCC2)C(=O)N2C[C@@H](n3nncc3C(C)(C)O)C[C@H]2C(=O)NC2(C(=O)C(N)=O)CCOCC2)cc1. The number of likely N-dealkylation sites (tertiary alicyclic amines) is 1. The molecule has 0 bridgehead atoms. The highest BCUT2D eigenvalue weighted by atomic mass is 16.5. The lowest BCUT2D eigenvalue weighted by Crippen LogP contribution is -2.64. The summed E-state index contributed by atoms with van der Waals surface area (Å²) in [4.78, 5) is 69.3. The molecule has 2 aliphatic heterocycles. The van der Waals surface area contributed by atoms with E-state index in [0.29, 0.717) is 23.2 Å². The molecule has 1 saturated carbocycles. The average molecular weight is 710 g/mol. The molecule has 0 radical (unpaired) electrons. The number of amides is 4. The third kappa shape index (κ3) is 8.64. The first-order valence-electron chi connectivity index (χ1n) is 17.8. The number of carbonyl (C=O) groups is 5. The molecule has 5 rings (SSSR count). The van der Waals surface area contributed by atoms with Gasteiger partial charge < -0.3 is 36.2 Å². The second kappa shape index (κ2) is 15.2. The minimum atomic E-state index is -1.59. The Morgan fingerprint density at radius 1 is 1.00 bits per heavy atom. The summed E-state index contributed by atoms with van der Waals surface area (Å²) >= 11 is 0. The van der Waals surface area contributed by atoms with Gasteiger partial charge in [-0.3, -0.25) is 24.0 Å². The number of carbonyl (C=O) groups excluding carboxylic acids is 5. The smallest absolute Gasteiger partial charge is 0.287 e. The summed E-state index contributed by atoms with van der Waals surface area (Å²) in [6.07, 6.45) is 6.85. The van der Waals surface area contributed by atoms with E-state index >= 15 is 0 Å². The minimum Gasteiger partial charge on any atom is -0.386 e. The number of Topliss-reactive ketones (excluding diaryl/α,β-unsaturated/α-hetero) is 1. The number of hydrogen-bond donors (Lipinski definition) is 5. The van der Waals surface area contributed by atoms with Crippen molar-refractivity contribution in [1.82, 2.24) is 30.5 Å². The van der Waals surface area contributed by atoms with Crippen LogP contribution in [0.4, 0.5) is 0 Å². The predicted octanol–water partition coefficient (Wildman–Crippen LogP) is 1.36. The predicted molar refractivity (Wildman–Crippen MR) is 184 cm³/mol.